The van der Waals surface area contributed by atoms with Crippen molar-refractivity contribution >= 4 is 27.0 Å². The number of halogens is 1. The van der Waals surface area contributed by atoms with Crippen molar-refractivity contribution in [1.29, 1.82) is 0 Å². The molecule has 0 unspecified atom stereocenters. The van der Waals surface area contributed by atoms with Crippen LogP contribution < -0.4 is 0 Å². The first-order valence-electron chi connectivity index (χ1n) is 5.88. The summed E-state index contributed by atoms with van der Waals surface area (Å²) >= 11 is 3.58. The molecule has 0 bridgehead atoms. The molecule has 1 saturated carbocycles. The Bertz CT molecular complexity index is 524. The van der Waals surface area contributed by atoms with Crippen molar-refractivity contribution in [3.05, 3.63) is 28.5 Å². The van der Waals surface area contributed by atoms with E-state index in [9.17, 15) is 0 Å². The van der Waals surface area contributed by atoms with Gasteiger partial charge in [0.25, 0.3) is 0 Å². The SMILES string of the molecule is Cn1c(C2CCCC2)nc2c(Br)cccc21. The number of aromatic nitrogens is 2. The molecule has 16 heavy (non-hydrogen) atoms. The summed E-state index contributed by atoms with van der Waals surface area (Å²) < 4.78 is 3.36. The lowest BCUT2D eigenvalue weighted by Gasteiger charge is -2.08. The van der Waals surface area contributed by atoms with Gasteiger partial charge in [0, 0.05) is 17.4 Å². The van der Waals surface area contributed by atoms with Gasteiger partial charge in [0.15, 0.2) is 0 Å². The third-order valence-electron chi connectivity index (χ3n) is 3.62. The second-order valence-electron chi connectivity index (χ2n) is 4.62. The molecule has 0 atom stereocenters. The highest BCUT2D eigenvalue weighted by atomic mass is 79.9. The van der Waals surface area contributed by atoms with E-state index < -0.39 is 0 Å². The molecule has 84 valence electrons. The highest BCUT2D eigenvalue weighted by molar-refractivity contribution is 9.10. The molecule has 0 spiro atoms. The van der Waals surface area contributed by atoms with Crippen LogP contribution in [0.25, 0.3) is 11.0 Å². The molecule has 0 radical (unpaired) electrons. The van der Waals surface area contributed by atoms with Gasteiger partial charge in [-0.05, 0) is 40.9 Å². The van der Waals surface area contributed by atoms with Gasteiger partial charge in [-0.3, -0.25) is 0 Å². The lowest BCUT2D eigenvalue weighted by atomic mass is 10.1. The number of para-hydroxylation sites is 1. The van der Waals surface area contributed by atoms with Crippen LogP contribution in [0.1, 0.15) is 37.4 Å². The average molecular weight is 279 g/mol. The highest BCUT2D eigenvalue weighted by Gasteiger charge is 2.22. The number of benzene rings is 1. The van der Waals surface area contributed by atoms with E-state index in [4.69, 9.17) is 4.98 Å². The van der Waals surface area contributed by atoms with Crippen molar-refractivity contribution < 1.29 is 0 Å². The zero-order valence-corrected chi connectivity index (χ0v) is 11.0. The van der Waals surface area contributed by atoms with Gasteiger partial charge in [-0.2, -0.15) is 0 Å². The zero-order chi connectivity index (χ0) is 11.1. The molecule has 3 heteroatoms. The lowest BCUT2D eigenvalue weighted by Crippen LogP contribution is -2.02. The molecule has 2 aromatic rings. The zero-order valence-electron chi connectivity index (χ0n) is 9.41. The fraction of sp³-hybridized carbons (Fsp3) is 0.462. The predicted molar refractivity (Wildman–Crippen MR) is 69.6 cm³/mol. The summed E-state index contributed by atoms with van der Waals surface area (Å²) in [7, 11) is 2.13. The minimum atomic E-state index is 0.671. The molecule has 0 aliphatic heterocycles. The topological polar surface area (TPSA) is 17.8 Å². The van der Waals surface area contributed by atoms with Crippen LogP contribution in [0, 0.1) is 0 Å². The van der Waals surface area contributed by atoms with Crippen molar-refractivity contribution in [3.63, 3.8) is 0 Å². The number of fused-ring (bicyclic) bond motifs is 1. The average Bonchev–Trinajstić information content (AvgIpc) is 2.88. The van der Waals surface area contributed by atoms with Gasteiger partial charge in [-0.15, -0.1) is 0 Å². The smallest absolute Gasteiger partial charge is 0.112 e. The van der Waals surface area contributed by atoms with Crippen molar-refractivity contribution in [2.75, 3.05) is 0 Å². The van der Waals surface area contributed by atoms with Crippen LogP contribution in [0.3, 0.4) is 0 Å². The Labute approximate surface area is 104 Å². The number of rotatable bonds is 1. The van der Waals surface area contributed by atoms with Crippen molar-refractivity contribution in [3.8, 4) is 0 Å². The van der Waals surface area contributed by atoms with Crippen LogP contribution >= 0.6 is 15.9 Å². The van der Waals surface area contributed by atoms with Crippen LogP contribution in [-0.4, -0.2) is 9.55 Å². The van der Waals surface area contributed by atoms with Crippen molar-refractivity contribution in [2.45, 2.75) is 31.6 Å². The van der Waals surface area contributed by atoms with Gasteiger partial charge in [0.2, 0.25) is 0 Å². The molecule has 0 saturated heterocycles. The van der Waals surface area contributed by atoms with Gasteiger partial charge < -0.3 is 4.57 Å². The standard InChI is InChI=1S/C13H15BrN2/c1-16-11-8-4-7-10(14)12(11)15-13(16)9-5-2-3-6-9/h4,7-9H,2-3,5-6H2,1H3. The Morgan fingerprint density at radius 2 is 2.06 bits per heavy atom. The quantitative estimate of drug-likeness (QED) is 0.771. The van der Waals surface area contributed by atoms with Gasteiger partial charge in [-0.1, -0.05) is 18.9 Å². The molecule has 1 aliphatic carbocycles. The number of nitrogens with zero attached hydrogens (tertiary/aromatic N) is 2. The van der Waals surface area contributed by atoms with Gasteiger partial charge in [-0.25, -0.2) is 4.98 Å². The second-order valence-corrected chi connectivity index (χ2v) is 5.47. The Kier molecular flexibility index (Phi) is 2.51. The summed E-state index contributed by atoms with van der Waals surface area (Å²) in [6.07, 6.45) is 5.31. The monoisotopic (exact) mass is 278 g/mol. The van der Waals surface area contributed by atoms with Gasteiger partial charge in [0.05, 0.1) is 5.52 Å². The Morgan fingerprint density at radius 1 is 1.31 bits per heavy atom. The second kappa shape index (κ2) is 3.88. The normalized spacial score (nSPS) is 17.4. The van der Waals surface area contributed by atoms with E-state index in [0.29, 0.717) is 5.92 Å². The molecule has 0 amide bonds. The van der Waals surface area contributed by atoms with Crippen LogP contribution in [0.5, 0.6) is 0 Å². The van der Waals surface area contributed by atoms with E-state index in [2.05, 4.69) is 45.7 Å². The van der Waals surface area contributed by atoms with Crippen LogP contribution in [0.15, 0.2) is 22.7 Å². The van der Waals surface area contributed by atoms with Gasteiger partial charge in [0.1, 0.15) is 11.3 Å². The fourth-order valence-electron chi connectivity index (χ4n) is 2.75. The maximum Gasteiger partial charge on any atom is 0.112 e. The van der Waals surface area contributed by atoms with E-state index in [1.165, 1.54) is 37.0 Å². The van der Waals surface area contributed by atoms with Crippen LogP contribution in [0.2, 0.25) is 0 Å². The maximum absolute atomic E-state index is 4.81. The number of hydrogen-bond acceptors (Lipinski definition) is 1. The predicted octanol–water partition coefficient (Wildman–Crippen LogP) is 3.99. The molecule has 1 aliphatic rings. The summed E-state index contributed by atoms with van der Waals surface area (Å²) in [5, 5.41) is 0. The van der Waals surface area contributed by atoms with Crippen LogP contribution in [0.4, 0.5) is 0 Å². The largest absolute Gasteiger partial charge is 0.331 e. The summed E-state index contributed by atoms with van der Waals surface area (Å²) in [5.74, 6) is 1.93. The number of aryl methyl sites for hydroxylation is 1. The van der Waals surface area contributed by atoms with E-state index in [-0.39, 0.29) is 0 Å². The van der Waals surface area contributed by atoms with E-state index in [1.807, 2.05) is 0 Å². The highest BCUT2D eigenvalue weighted by Crippen LogP contribution is 2.35. The molecular formula is C13H15BrN2. The first kappa shape index (κ1) is 10.3. The lowest BCUT2D eigenvalue weighted by molar-refractivity contribution is 0.639. The van der Waals surface area contributed by atoms with Gasteiger partial charge >= 0.3 is 0 Å². The molecule has 1 heterocycles. The minimum Gasteiger partial charge on any atom is -0.331 e. The van der Waals surface area contributed by atoms with Crippen molar-refractivity contribution in [2.24, 2.45) is 7.05 Å². The van der Waals surface area contributed by atoms with Crippen LogP contribution in [-0.2, 0) is 7.05 Å². The Morgan fingerprint density at radius 3 is 2.75 bits per heavy atom. The summed E-state index contributed by atoms with van der Waals surface area (Å²) in [6.45, 7) is 0. The summed E-state index contributed by atoms with van der Waals surface area (Å²) in [4.78, 5) is 4.81. The summed E-state index contributed by atoms with van der Waals surface area (Å²) in [5.41, 5.74) is 2.34. The number of hydrogen-bond donors (Lipinski definition) is 0. The number of imidazole rings is 1. The Balaban J connectivity index is 2.18. The third kappa shape index (κ3) is 1.49. The third-order valence-corrected chi connectivity index (χ3v) is 4.26. The molecule has 3 rings (SSSR count). The molecule has 1 aromatic carbocycles. The molecule has 2 nitrogen and oxygen atoms in total. The van der Waals surface area contributed by atoms with E-state index in [0.717, 1.165) is 9.99 Å². The molecular weight excluding hydrogens is 264 g/mol. The molecule has 1 fully saturated rings. The van der Waals surface area contributed by atoms with E-state index in [1.54, 1.807) is 0 Å². The van der Waals surface area contributed by atoms with E-state index >= 15 is 0 Å². The first-order valence-corrected chi connectivity index (χ1v) is 6.67. The Hall–Kier alpha value is -0.830. The maximum atomic E-state index is 4.81. The molecule has 0 N–H and O–H groups in total. The summed E-state index contributed by atoms with van der Waals surface area (Å²) in [6, 6.07) is 6.28. The van der Waals surface area contributed by atoms with Crippen molar-refractivity contribution in [1.82, 2.24) is 9.55 Å². The fourth-order valence-corrected chi connectivity index (χ4v) is 3.19. The first-order chi connectivity index (χ1) is 7.77. The minimum absolute atomic E-state index is 0.671. The molecule has 1 aromatic heterocycles.